The molecule has 0 radical (unpaired) electrons. The average molecular weight is 473 g/mol. The van der Waals surface area contributed by atoms with E-state index in [-0.39, 0.29) is 0 Å². The van der Waals surface area contributed by atoms with E-state index in [2.05, 4.69) is 26.8 Å². The van der Waals surface area contributed by atoms with E-state index < -0.39 is 12.1 Å². The number of hydrogen-bond acceptors (Lipinski definition) is 4. The van der Waals surface area contributed by atoms with Crippen LogP contribution in [0.15, 0.2) is 36.5 Å². The Morgan fingerprint density at radius 3 is 2.66 bits per heavy atom. The second-order valence-electron chi connectivity index (χ2n) is 7.80. The first-order valence-electron chi connectivity index (χ1n) is 10.2. The highest BCUT2D eigenvalue weighted by Crippen LogP contribution is 2.26. The molecular formula is C21H24ClF3N4O3. The molecule has 7 nitrogen and oxygen atoms in total. The van der Waals surface area contributed by atoms with Gasteiger partial charge in [-0.15, -0.1) is 0 Å². The number of nitrogens with zero attached hydrogens (tertiary/aromatic N) is 4. The summed E-state index contributed by atoms with van der Waals surface area (Å²) >= 11 is 6.12. The third-order valence-electron chi connectivity index (χ3n) is 5.39. The van der Waals surface area contributed by atoms with Gasteiger partial charge in [0.05, 0.1) is 11.7 Å². The Labute approximate surface area is 188 Å². The fourth-order valence-electron chi connectivity index (χ4n) is 3.94. The van der Waals surface area contributed by atoms with Gasteiger partial charge in [0.1, 0.15) is 0 Å². The average Bonchev–Trinajstić information content (AvgIpc) is 3.34. The molecule has 4 rings (SSSR count). The van der Waals surface area contributed by atoms with E-state index in [1.807, 2.05) is 29.3 Å². The molecule has 2 aliphatic rings. The Bertz CT molecular complexity index is 950. The summed E-state index contributed by atoms with van der Waals surface area (Å²) in [5.41, 5.74) is 2.47. The third-order valence-corrected chi connectivity index (χ3v) is 5.63. The van der Waals surface area contributed by atoms with Crippen LogP contribution in [0.25, 0.3) is 0 Å². The number of carboxylic acid groups (broad SMARTS) is 1. The molecule has 1 aromatic carbocycles. The molecule has 174 valence electrons. The minimum atomic E-state index is -5.08. The van der Waals surface area contributed by atoms with Crippen LogP contribution in [0.2, 0.25) is 5.02 Å². The second kappa shape index (κ2) is 10.4. The molecule has 32 heavy (non-hydrogen) atoms. The largest absolute Gasteiger partial charge is 0.490 e. The van der Waals surface area contributed by atoms with Gasteiger partial charge in [0.2, 0.25) is 5.91 Å². The topological polar surface area (TPSA) is 78.7 Å². The zero-order chi connectivity index (χ0) is 23.3. The number of amides is 1. The molecule has 1 N–H and O–H groups in total. The molecule has 0 bridgehead atoms. The third kappa shape index (κ3) is 6.46. The van der Waals surface area contributed by atoms with E-state index in [4.69, 9.17) is 21.5 Å². The highest BCUT2D eigenvalue weighted by Gasteiger charge is 2.38. The molecule has 2 aliphatic heterocycles. The Balaban J connectivity index is 0.000000360. The van der Waals surface area contributed by atoms with Crippen molar-refractivity contribution in [1.29, 1.82) is 0 Å². The molecule has 11 heteroatoms. The van der Waals surface area contributed by atoms with E-state index >= 15 is 0 Å². The number of carboxylic acids is 1. The summed E-state index contributed by atoms with van der Waals surface area (Å²) in [5.74, 6) is -2.46. The Kier molecular flexibility index (Phi) is 7.78. The number of rotatable bonds is 5. The van der Waals surface area contributed by atoms with Crippen molar-refractivity contribution in [2.24, 2.45) is 0 Å². The zero-order valence-electron chi connectivity index (χ0n) is 17.3. The lowest BCUT2D eigenvalue weighted by molar-refractivity contribution is -0.192. The monoisotopic (exact) mass is 472 g/mol. The minimum Gasteiger partial charge on any atom is -0.475 e. The SMILES string of the molecule is O=C(O)C(F)(F)F.O=C1CCCN1CCC1CN(Cc2cccc(Cl)c2)Cc2ccnn21. The van der Waals surface area contributed by atoms with E-state index in [1.54, 1.807) is 0 Å². The van der Waals surface area contributed by atoms with E-state index in [0.717, 1.165) is 50.6 Å². The van der Waals surface area contributed by atoms with Gasteiger partial charge in [-0.2, -0.15) is 18.3 Å². The zero-order valence-corrected chi connectivity index (χ0v) is 18.0. The van der Waals surface area contributed by atoms with Gasteiger partial charge < -0.3 is 10.0 Å². The molecule has 1 saturated heterocycles. The van der Waals surface area contributed by atoms with Crippen LogP contribution in [-0.2, 0) is 22.7 Å². The summed E-state index contributed by atoms with van der Waals surface area (Å²) < 4.78 is 33.9. The van der Waals surface area contributed by atoms with Crippen LogP contribution < -0.4 is 0 Å². The first-order valence-corrected chi connectivity index (χ1v) is 10.6. The van der Waals surface area contributed by atoms with Crippen molar-refractivity contribution in [1.82, 2.24) is 19.6 Å². The summed E-state index contributed by atoms with van der Waals surface area (Å²) in [7, 11) is 0. The molecule has 1 aromatic heterocycles. The molecule has 0 aliphatic carbocycles. The van der Waals surface area contributed by atoms with E-state index in [1.165, 1.54) is 11.3 Å². The van der Waals surface area contributed by atoms with Crippen LogP contribution in [0.1, 0.15) is 36.6 Å². The molecule has 1 amide bonds. The predicted octanol–water partition coefficient (Wildman–Crippen LogP) is 3.74. The maximum Gasteiger partial charge on any atom is 0.490 e. The lowest BCUT2D eigenvalue weighted by Crippen LogP contribution is -2.39. The number of alkyl halides is 3. The number of carbonyl (C=O) groups excluding carboxylic acids is 1. The van der Waals surface area contributed by atoms with Crippen LogP contribution >= 0.6 is 11.6 Å². The number of halogens is 4. The number of aliphatic carboxylic acids is 1. The van der Waals surface area contributed by atoms with Gasteiger partial charge in [-0.05, 0) is 36.6 Å². The van der Waals surface area contributed by atoms with Gasteiger partial charge in [0.15, 0.2) is 0 Å². The normalized spacial score (nSPS) is 18.8. The number of fused-ring (bicyclic) bond motifs is 1. The van der Waals surface area contributed by atoms with Crippen LogP contribution in [0.4, 0.5) is 13.2 Å². The number of aromatic nitrogens is 2. The number of benzene rings is 1. The molecule has 3 heterocycles. The van der Waals surface area contributed by atoms with Crippen molar-refractivity contribution in [3.8, 4) is 0 Å². The van der Waals surface area contributed by atoms with E-state index in [0.29, 0.717) is 18.4 Å². The van der Waals surface area contributed by atoms with Gasteiger partial charge in [-0.3, -0.25) is 14.4 Å². The van der Waals surface area contributed by atoms with Crippen molar-refractivity contribution in [2.45, 2.75) is 44.6 Å². The van der Waals surface area contributed by atoms with Gasteiger partial charge in [0.25, 0.3) is 0 Å². The smallest absolute Gasteiger partial charge is 0.475 e. The highest BCUT2D eigenvalue weighted by molar-refractivity contribution is 6.30. The molecule has 1 fully saturated rings. The van der Waals surface area contributed by atoms with Crippen LogP contribution in [0.3, 0.4) is 0 Å². The van der Waals surface area contributed by atoms with Crippen LogP contribution in [-0.4, -0.2) is 62.4 Å². The van der Waals surface area contributed by atoms with Gasteiger partial charge in [-0.25, -0.2) is 4.79 Å². The first kappa shape index (κ1) is 24.1. The standard InChI is InChI=1S/C19H23ClN4O.C2HF3O2/c20-16-4-1-3-15(11-16)12-22-13-17-6-8-21-24(17)18(14-22)7-10-23-9-2-5-19(23)25;3-2(4,5)1(6)7/h1,3-4,6,8,11,18H,2,5,7,9-10,12-14H2;(H,6,7). The van der Waals surface area contributed by atoms with Crippen molar-refractivity contribution in [3.05, 3.63) is 52.8 Å². The summed E-state index contributed by atoms with van der Waals surface area (Å²) in [5, 5.41) is 12.4. The summed E-state index contributed by atoms with van der Waals surface area (Å²) in [6, 6.07) is 10.5. The van der Waals surface area contributed by atoms with Crippen LogP contribution in [0, 0.1) is 0 Å². The molecule has 1 atom stereocenters. The minimum absolute atomic E-state index is 0.298. The number of likely N-dealkylation sites (tertiary alicyclic amines) is 1. The van der Waals surface area contributed by atoms with Crippen molar-refractivity contribution < 1.29 is 27.9 Å². The second-order valence-corrected chi connectivity index (χ2v) is 8.23. The predicted molar refractivity (Wildman–Crippen MR) is 111 cm³/mol. The lowest BCUT2D eigenvalue weighted by Gasteiger charge is -2.34. The van der Waals surface area contributed by atoms with Gasteiger partial charge in [0, 0.05) is 50.4 Å². The first-order chi connectivity index (χ1) is 15.1. The molecule has 0 spiro atoms. The van der Waals surface area contributed by atoms with Crippen molar-refractivity contribution in [3.63, 3.8) is 0 Å². The van der Waals surface area contributed by atoms with Gasteiger partial charge in [-0.1, -0.05) is 23.7 Å². The van der Waals surface area contributed by atoms with Gasteiger partial charge >= 0.3 is 12.1 Å². The molecular weight excluding hydrogens is 449 g/mol. The number of hydrogen-bond donors (Lipinski definition) is 1. The highest BCUT2D eigenvalue weighted by atomic mass is 35.5. The van der Waals surface area contributed by atoms with E-state index in [9.17, 15) is 18.0 Å². The maximum atomic E-state index is 11.9. The Hall–Kier alpha value is -2.59. The molecule has 0 saturated carbocycles. The van der Waals surface area contributed by atoms with Crippen molar-refractivity contribution >= 4 is 23.5 Å². The summed E-state index contributed by atoms with van der Waals surface area (Å²) in [6.45, 7) is 4.46. The Morgan fingerprint density at radius 1 is 1.28 bits per heavy atom. The molecule has 2 aromatic rings. The lowest BCUT2D eigenvalue weighted by atomic mass is 10.1. The maximum absolute atomic E-state index is 11.9. The fraction of sp³-hybridized carbons (Fsp3) is 0.476. The van der Waals surface area contributed by atoms with Crippen LogP contribution in [0.5, 0.6) is 0 Å². The quantitative estimate of drug-likeness (QED) is 0.717. The molecule has 1 unspecified atom stereocenters. The van der Waals surface area contributed by atoms with Crippen molar-refractivity contribution in [2.75, 3.05) is 19.6 Å². The Morgan fingerprint density at radius 2 is 2.03 bits per heavy atom. The number of carbonyl (C=O) groups is 2. The fourth-order valence-corrected chi connectivity index (χ4v) is 4.15. The summed E-state index contributed by atoms with van der Waals surface area (Å²) in [4.78, 5) is 25.2. The summed E-state index contributed by atoms with van der Waals surface area (Å²) in [6.07, 6.45) is -0.547.